The first kappa shape index (κ1) is 9.05. The summed E-state index contributed by atoms with van der Waals surface area (Å²) in [5, 5.41) is 0. The highest BCUT2D eigenvalue weighted by Crippen LogP contribution is 2.37. The van der Waals surface area contributed by atoms with Crippen LogP contribution in [0.15, 0.2) is 0 Å². The van der Waals surface area contributed by atoms with Crippen LogP contribution in [-0.2, 0) is 0 Å². The molecule has 0 bridgehead atoms. The molecule has 2 N–H and O–H groups in total. The van der Waals surface area contributed by atoms with Crippen molar-refractivity contribution in [1.29, 1.82) is 0 Å². The molecule has 1 heteroatoms. The molecule has 1 saturated carbocycles. The van der Waals surface area contributed by atoms with Gasteiger partial charge in [-0.1, -0.05) is 27.2 Å². The summed E-state index contributed by atoms with van der Waals surface area (Å²) in [7, 11) is 0. The van der Waals surface area contributed by atoms with Gasteiger partial charge in [-0.3, -0.25) is 0 Å². The number of rotatable bonds is 2. The maximum atomic E-state index is 6.02. The van der Waals surface area contributed by atoms with Crippen molar-refractivity contribution in [3.8, 4) is 0 Å². The third kappa shape index (κ3) is 1.76. The van der Waals surface area contributed by atoms with Crippen LogP contribution >= 0.6 is 0 Å². The van der Waals surface area contributed by atoms with Crippen molar-refractivity contribution < 1.29 is 0 Å². The Morgan fingerprint density at radius 1 is 1.36 bits per heavy atom. The third-order valence-electron chi connectivity index (χ3n) is 3.26. The average Bonchev–Trinajstić information content (AvgIpc) is 2.30. The van der Waals surface area contributed by atoms with Crippen molar-refractivity contribution in [1.82, 2.24) is 0 Å². The molecule has 1 aliphatic carbocycles. The molecule has 0 amide bonds. The van der Waals surface area contributed by atoms with Crippen LogP contribution in [0.5, 0.6) is 0 Å². The zero-order chi connectivity index (χ0) is 8.43. The van der Waals surface area contributed by atoms with E-state index in [1.165, 1.54) is 19.3 Å². The predicted octanol–water partition coefficient (Wildman–Crippen LogP) is 2.41. The normalized spacial score (nSPS) is 38.5. The molecule has 3 atom stereocenters. The number of hydrogen-bond donors (Lipinski definition) is 1. The van der Waals surface area contributed by atoms with E-state index in [1.807, 2.05) is 0 Å². The molecule has 0 saturated heterocycles. The minimum Gasteiger partial charge on any atom is -0.327 e. The van der Waals surface area contributed by atoms with Gasteiger partial charge in [0.2, 0.25) is 0 Å². The SMILES string of the molecule is CCC1C(N)CCC1C(C)C. The summed E-state index contributed by atoms with van der Waals surface area (Å²) in [6, 6.07) is 0.493. The summed E-state index contributed by atoms with van der Waals surface area (Å²) in [5.41, 5.74) is 6.02. The molecule has 1 rings (SSSR count). The van der Waals surface area contributed by atoms with E-state index in [-0.39, 0.29) is 0 Å². The van der Waals surface area contributed by atoms with Crippen LogP contribution in [0.25, 0.3) is 0 Å². The van der Waals surface area contributed by atoms with Gasteiger partial charge >= 0.3 is 0 Å². The fourth-order valence-electron chi connectivity index (χ4n) is 2.56. The van der Waals surface area contributed by atoms with E-state index in [2.05, 4.69) is 20.8 Å². The van der Waals surface area contributed by atoms with E-state index < -0.39 is 0 Å². The largest absolute Gasteiger partial charge is 0.327 e. The van der Waals surface area contributed by atoms with E-state index in [0.717, 1.165) is 17.8 Å². The Morgan fingerprint density at radius 2 is 2.00 bits per heavy atom. The zero-order valence-electron chi connectivity index (χ0n) is 8.01. The summed E-state index contributed by atoms with van der Waals surface area (Å²) < 4.78 is 0. The summed E-state index contributed by atoms with van der Waals surface area (Å²) in [6.07, 6.45) is 3.88. The Hall–Kier alpha value is -0.0400. The number of nitrogens with two attached hydrogens (primary N) is 1. The molecule has 66 valence electrons. The van der Waals surface area contributed by atoms with Crippen LogP contribution < -0.4 is 5.73 Å². The fraction of sp³-hybridized carbons (Fsp3) is 1.00. The van der Waals surface area contributed by atoms with Gasteiger partial charge < -0.3 is 5.73 Å². The van der Waals surface area contributed by atoms with Gasteiger partial charge in [-0.25, -0.2) is 0 Å². The Kier molecular flexibility index (Phi) is 2.94. The molecular formula is C10H21N. The number of hydrogen-bond acceptors (Lipinski definition) is 1. The van der Waals surface area contributed by atoms with E-state index in [1.54, 1.807) is 0 Å². The Labute approximate surface area is 70.4 Å². The van der Waals surface area contributed by atoms with Crippen LogP contribution in [-0.4, -0.2) is 6.04 Å². The van der Waals surface area contributed by atoms with Crippen molar-refractivity contribution in [3.05, 3.63) is 0 Å². The van der Waals surface area contributed by atoms with Gasteiger partial charge in [0.1, 0.15) is 0 Å². The molecule has 1 fully saturated rings. The van der Waals surface area contributed by atoms with Gasteiger partial charge in [0.15, 0.2) is 0 Å². The molecule has 1 aliphatic rings. The minimum absolute atomic E-state index is 0.493. The summed E-state index contributed by atoms with van der Waals surface area (Å²) >= 11 is 0. The average molecular weight is 155 g/mol. The van der Waals surface area contributed by atoms with Crippen LogP contribution in [0.1, 0.15) is 40.0 Å². The minimum atomic E-state index is 0.493. The molecule has 0 aliphatic heterocycles. The van der Waals surface area contributed by atoms with Gasteiger partial charge in [-0.15, -0.1) is 0 Å². The lowest BCUT2D eigenvalue weighted by Gasteiger charge is -2.24. The van der Waals surface area contributed by atoms with Crippen molar-refractivity contribution in [2.45, 2.75) is 46.1 Å². The Morgan fingerprint density at radius 3 is 2.36 bits per heavy atom. The van der Waals surface area contributed by atoms with Crippen LogP contribution in [0.2, 0.25) is 0 Å². The topological polar surface area (TPSA) is 26.0 Å². The van der Waals surface area contributed by atoms with E-state index >= 15 is 0 Å². The Balaban J connectivity index is 2.54. The van der Waals surface area contributed by atoms with Crippen LogP contribution in [0.3, 0.4) is 0 Å². The molecule has 0 aromatic rings. The molecular weight excluding hydrogens is 134 g/mol. The molecule has 11 heavy (non-hydrogen) atoms. The lowest BCUT2D eigenvalue weighted by Crippen LogP contribution is -2.28. The second-order valence-electron chi connectivity index (χ2n) is 4.22. The second-order valence-corrected chi connectivity index (χ2v) is 4.22. The first-order chi connectivity index (χ1) is 5.16. The molecule has 3 unspecified atom stereocenters. The van der Waals surface area contributed by atoms with Gasteiger partial charge in [0.05, 0.1) is 0 Å². The van der Waals surface area contributed by atoms with Crippen LogP contribution in [0.4, 0.5) is 0 Å². The van der Waals surface area contributed by atoms with Gasteiger partial charge in [0.25, 0.3) is 0 Å². The standard InChI is InChI=1S/C10H21N/c1-4-8-9(7(2)3)5-6-10(8)11/h7-10H,4-6,11H2,1-3H3. The lowest BCUT2D eigenvalue weighted by molar-refractivity contribution is 0.274. The van der Waals surface area contributed by atoms with E-state index in [0.29, 0.717) is 6.04 Å². The first-order valence-electron chi connectivity index (χ1n) is 4.92. The molecule has 0 aromatic heterocycles. The molecule has 0 spiro atoms. The lowest BCUT2D eigenvalue weighted by atomic mass is 9.83. The second kappa shape index (κ2) is 3.57. The van der Waals surface area contributed by atoms with Gasteiger partial charge in [-0.05, 0) is 30.6 Å². The fourth-order valence-corrected chi connectivity index (χ4v) is 2.56. The monoisotopic (exact) mass is 155 g/mol. The summed E-state index contributed by atoms with van der Waals surface area (Å²) in [5.74, 6) is 2.53. The van der Waals surface area contributed by atoms with Crippen molar-refractivity contribution in [3.63, 3.8) is 0 Å². The smallest absolute Gasteiger partial charge is 0.00699 e. The molecule has 0 radical (unpaired) electrons. The van der Waals surface area contributed by atoms with Crippen molar-refractivity contribution in [2.24, 2.45) is 23.5 Å². The van der Waals surface area contributed by atoms with Crippen molar-refractivity contribution >= 4 is 0 Å². The molecule has 0 heterocycles. The highest BCUT2D eigenvalue weighted by molar-refractivity contribution is 4.87. The highest BCUT2D eigenvalue weighted by Gasteiger charge is 2.33. The van der Waals surface area contributed by atoms with Crippen LogP contribution in [0, 0.1) is 17.8 Å². The molecule has 1 nitrogen and oxygen atoms in total. The maximum Gasteiger partial charge on any atom is 0.00699 e. The first-order valence-corrected chi connectivity index (χ1v) is 4.92. The third-order valence-corrected chi connectivity index (χ3v) is 3.26. The van der Waals surface area contributed by atoms with E-state index in [9.17, 15) is 0 Å². The highest BCUT2D eigenvalue weighted by atomic mass is 14.7. The van der Waals surface area contributed by atoms with Crippen molar-refractivity contribution in [2.75, 3.05) is 0 Å². The van der Waals surface area contributed by atoms with Gasteiger partial charge in [0, 0.05) is 6.04 Å². The summed E-state index contributed by atoms with van der Waals surface area (Å²) in [4.78, 5) is 0. The molecule has 0 aromatic carbocycles. The predicted molar refractivity (Wildman–Crippen MR) is 49.3 cm³/mol. The van der Waals surface area contributed by atoms with Gasteiger partial charge in [-0.2, -0.15) is 0 Å². The van der Waals surface area contributed by atoms with E-state index in [4.69, 9.17) is 5.73 Å². The zero-order valence-corrected chi connectivity index (χ0v) is 8.01. The quantitative estimate of drug-likeness (QED) is 0.651. The summed E-state index contributed by atoms with van der Waals surface area (Å²) in [6.45, 7) is 6.92. The maximum absolute atomic E-state index is 6.02. The Bertz CT molecular complexity index is 120.